The van der Waals surface area contributed by atoms with Crippen molar-refractivity contribution in [3.05, 3.63) is 0 Å². The molecule has 0 aliphatic heterocycles. The van der Waals surface area contributed by atoms with Crippen LogP contribution in [0.5, 0.6) is 0 Å². The van der Waals surface area contributed by atoms with Crippen molar-refractivity contribution in [2.75, 3.05) is 0 Å². The van der Waals surface area contributed by atoms with E-state index >= 15 is 0 Å². The first-order chi connectivity index (χ1) is 5.30. The van der Waals surface area contributed by atoms with Crippen LogP contribution in [0.4, 0.5) is 0 Å². The van der Waals surface area contributed by atoms with Gasteiger partial charge in [0.2, 0.25) is 0 Å². The van der Waals surface area contributed by atoms with Crippen LogP contribution in [-0.2, 0) is 0 Å². The molecule has 1 nitrogen and oxygen atoms in total. The van der Waals surface area contributed by atoms with Gasteiger partial charge in [-0.1, -0.05) is 0 Å². The lowest BCUT2D eigenvalue weighted by molar-refractivity contribution is 0.0130. The average molecular weight is 152 g/mol. The Morgan fingerprint density at radius 3 is 2.00 bits per heavy atom. The molecule has 0 aromatic carbocycles. The highest BCUT2D eigenvalue weighted by Crippen LogP contribution is 2.60. The maximum atomic E-state index is 10.2. The normalized spacial score (nSPS) is 60.3. The van der Waals surface area contributed by atoms with Crippen LogP contribution < -0.4 is 0 Å². The van der Waals surface area contributed by atoms with Crippen LogP contribution in [-0.4, -0.2) is 10.7 Å². The molecule has 3 aliphatic rings. The molecule has 0 unspecified atom stereocenters. The summed E-state index contributed by atoms with van der Waals surface area (Å²) in [4.78, 5) is 0. The van der Waals surface area contributed by atoms with Gasteiger partial charge in [-0.3, -0.25) is 0 Å². The molecule has 3 rings (SSSR count). The van der Waals surface area contributed by atoms with Crippen molar-refractivity contribution in [2.24, 2.45) is 17.8 Å². The minimum Gasteiger partial charge on any atom is -0.390 e. The SMILES string of the molecule is OC12CC[C@@H]3CC[C@@H](CC1)C32. The molecule has 1 N–H and O–H groups in total. The molecule has 0 bridgehead atoms. The summed E-state index contributed by atoms with van der Waals surface area (Å²) < 4.78 is 0. The van der Waals surface area contributed by atoms with Crippen LogP contribution in [0.3, 0.4) is 0 Å². The van der Waals surface area contributed by atoms with E-state index in [2.05, 4.69) is 0 Å². The smallest absolute Gasteiger partial charge is 0.0681 e. The molecule has 0 heterocycles. The van der Waals surface area contributed by atoms with Crippen LogP contribution >= 0.6 is 0 Å². The molecule has 0 amide bonds. The highest BCUT2D eigenvalue weighted by molar-refractivity contribution is 5.07. The predicted octanol–water partition coefficient (Wildman–Crippen LogP) is 1.95. The lowest BCUT2D eigenvalue weighted by Gasteiger charge is -2.23. The van der Waals surface area contributed by atoms with Gasteiger partial charge in [0.1, 0.15) is 0 Å². The van der Waals surface area contributed by atoms with Crippen molar-refractivity contribution in [3.63, 3.8) is 0 Å². The number of aliphatic hydroxyl groups is 1. The lowest BCUT2D eigenvalue weighted by Crippen LogP contribution is -2.29. The largest absolute Gasteiger partial charge is 0.390 e. The van der Waals surface area contributed by atoms with Gasteiger partial charge in [0.15, 0.2) is 0 Å². The third-order valence-electron chi connectivity index (χ3n) is 4.44. The van der Waals surface area contributed by atoms with E-state index in [0.29, 0.717) is 0 Å². The van der Waals surface area contributed by atoms with E-state index < -0.39 is 0 Å². The topological polar surface area (TPSA) is 20.2 Å². The van der Waals surface area contributed by atoms with E-state index in [1.54, 1.807) is 0 Å². The van der Waals surface area contributed by atoms with Crippen LogP contribution in [0, 0.1) is 17.8 Å². The first kappa shape index (κ1) is 6.47. The fourth-order valence-electron chi connectivity index (χ4n) is 4.03. The molecule has 3 aliphatic carbocycles. The third kappa shape index (κ3) is 0.658. The van der Waals surface area contributed by atoms with Crippen LogP contribution in [0.15, 0.2) is 0 Å². The number of hydrogen-bond acceptors (Lipinski definition) is 1. The first-order valence-corrected chi connectivity index (χ1v) is 5.02. The molecule has 0 aromatic rings. The Hall–Kier alpha value is -0.0400. The van der Waals surface area contributed by atoms with Gasteiger partial charge >= 0.3 is 0 Å². The first-order valence-electron chi connectivity index (χ1n) is 5.02. The molecule has 62 valence electrons. The highest BCUT2D eigenvalue weighted by atomic mass is 16.3. The zero-order valence-electron chi connectivity index (χ0n) is 6.92. The van der Waals surface area contributed by atoms with Gasteiger partial charge in [-0.2, -0.15) is 0 Å². The summed E-state index contributed by atoms with van der Waals surface area (Å²) in [6.45, 7) is 0. The summed E-state index contributed by atoms with van der Waals surface area (Å²) in [7, 11) is 0. The molecule has 2 atom stereocenters. The molecule has 0 radical (unpaired) electrons. The van der Waals surface area contributed by atoms with Gasteiger partial charge in [-0.25, -0.2) is 0 Å². The molecule has 0 spiro atoms. The summed E-state index contributed by atoms with van der Waals surface area (Å²) in [5.74, 6) is 2.54. The Morgan fingerprint density at radius 2 is 1.45 bits per heavy atom. The van der Waals surface area contributed by atoms with Gasteiger partial charge in [0, 0.05) is 0 Å². The second kappa shape index (κ2) is 1.82. The van der Waals surface area contributed by atoms with Gasteiger partial charge in [-0.05, 0) is 56.3 Å². The van der Waals surface area contributed by atoms with Crippen molar-refractivity contribution in [1.82, 2.24) is 0 Å². The fourth-order valence-corrected chi connectivity index (χ4v) is 4.03. The lowest BCUT2D eigenvalue weighted by atomic mass is 9.89. The number of hydrogen-bond donors (Lipinski definition) is 1. The van der Waals surface area contributed by atoms with Crippen molar-refractivity contribution in [3.8, 4) is 0 Å². The Morgan fingerprint density at radius 1 is 0.909 bits per heavy atom. The van der Waals surface area contributed by atoms with Crippen LogP contribution in [0.1, 0.15) is 38.5 Å². The Bertz CT molecular complexity index is 171. The second-order valence-corrected chi connectivity index (χ2v) is 4.80. The van der Waals surface area contributed by atoms with E-state index in [1.165, 1.54) is 25.7 Å². The Balaban J connectivity index is 2.00. The molecule has 0 aromatic heterocycles. The van der Waals surface area contributed by atoms with E-state index in [4.69, 9.17) is 0 Å². The predicted molar refractivity (Wildman–Crippen MR) is 43.1 cm³/mol. The highest BCUT2D eigenvalue weighted by Gasteiger charge is 2.57. The minimum absolute atomic E-state index is 0.189. The zero-order valence-corrected chi connectivity index (χ0v) is 6.92. The van der Waals surface area contributed by atoms with Crippen molar-refractivity contribution in [2.45, 2.75) is 44.1 Å². The van der Waals surface area contributed by atoms with Crippen molar-refractivity contribution in [1.29, 1.82) is 0 Å². The third-order valence-corrected chi connectivity index (χ3v) is 4.44. The molecular weight excluding hydrogens is 136 g/mol. The summed E-state index contributed by atoms with van der Waals surface area (Å²) in [5, 5.41) is 10.2. The summed E-state index contributed by atoms with van der Waals surface area (Å²) in [6.07, 6.45) is 7.68. The molecule has 0 saturated heterocycles. The standard InChI is InChI=1S/C10H16O/c11-10-5-3-7-1-2-8(4-6-10)9(7)10/h7-9,11H,1-6H2/t7-,8-,9?,10?/m0/s1. The molecular formula is C10H16O. The summed E-state index contributed by atoms with van der Waals surface area (Å²) in [5.41, 5.74) is -0.189. The quantitative estimate of drug-likeness (QED) is 0.562. The average Bonchev–Trinajstić information content (AvgIpc) is 2.54. The zero-order chi connectivity index (χ0) is 7.47. The Kier molecular flexibility index (Phi) is 1.07. The summed E-state index contributed by atoms with van der Waals surface area (Å²) in [6, 6.07) is 0. The van der Waals surface area contributed by atoms with Gasteiger partial charge in [-0.15, -0.1) is 0 Å². The second-order valence-electron chi connectivity index (χ2n) is 4.80. The van der Waals surface area contributed by atoms with Gasteiger partial charge in [0.05, 0.1) is 5.60 Å². The minimum atomic E-state index is -0.189. The van der Waals surface area contributed by atoms with Crippen LogP contribution in [0.25, 0.3) is 0 Å². The van der Waals surface area contributed by atoms with Crippen LogP contribution in [0.2, 0.25) is 0 Å². The maximum absolute atomic E-state index is 10.2. The van der Waals surface area contributed by atoms with Crippen molar-refractivity contribution < 1.29 is 5.11 Å². The van der Waals surface area contributed by atoms with E-state index in [0.717, 1.165) is 30.6 Å². The molecule has 3 fully saturated rings. The van der Waals surface area contributed by atoms with Gasteiger partial charge in [0.25, 0.3) is 0 Å². The number of rotatable bonds is 0. The monoisotopic (exact) mass is 152 g/mol. The van der Waals surface area contributed by atoms with Gasteiger partial charge < -0.3 is 5.11 Å². The molecule has 3 saturated carbocycles. The van der Waals surface area contributed by atoms with E-state index in [1.807, 2.05) is 0 Å². The fraction of sp³-hybridized carbons (Fsp3) is 1.00. The van der Waals surface area contributed by atoms with E-state index in [-0.39, 0.29) is 5.60 Å². The Labute approximate surface area is 67.8 Å². The molecule has 1 heteroatoms. The molecule has 11 heavy (non-hydrogen) atoms. The van der Waals surface area contributed by atoms with E-state index in [9.17, 15) is 5.11 Å². The van der Waals surface area contributed by atoms with Crippen molar-refractivity contribution >= 4 is 0 Å². The maximum Gasteiger partial charge on any atom is 0.0681 e. The summed E-state index contributed by atoms with van der Waals surface area (Å²) >= 11 is 0.